The average Bonchev–Trinajstić information content (AvgIpc) is 2.46. The zero-order chi connectivity index (χ0) is 15.0. The standard InChI is InChI=1S/C15H13N3O3/c16-10-7-9(15(20)21)5-6-12(10)18-8-14(19)17-11-3-1-2-4-13(11)18/h1-7H,8,16H2,(H,17,19)(H,20,21). The zero-order valence-corrected chi connectivity index (χ0v) is 11.0. The van der Waals surface area contributed by atoms with Gasteiger partial charge in [0.1, 0.15) is 6.54 Å². The van der Waals surface area contributed by atoms with Gasteiger partial charge in [0.25, 0.3) is 0 Å². The molecule has 0 atom stereocenters. The Labute approximate surface area is 120 Å². The number of hydrogen-bond acceptors (Lipinski definition) is 4. The number of rotatable bonds is 2. The normalized spacial score (nSPS) is 13.5. The molecule has 106 valence electrons. The molecule has 21 heavy (non-hydrogen) atoms. The lowest BCUT2D eigenvalue weighted by Gasteiger charge is -2.31. The Bertz CT molecular complexity index is 743. The molecule has 0 aliphatic carbocycles. The van der Waals surface area contributed by atoms with Crippen LogP contribution >= 0.6 is 0 Å². The predicted octanol–water partition coefficient (Wildman–Crippen LogP) is 2.06. The number of carbonyl (C=O) groups is 2. The third-order valence-corrected chi connectivity index (χ3v) is 3.34. The van der Waals surface area contributed by atoms with Gasteiger partial charge in [-0.05, 0) is 30.3 Å². The van der Waals surface area contributed by atoms with Gasteiger partial charge in [0, 0.05) is 0 Å². The summed E-state index contributed by atoms with van der Waals surface area (Å²) in [5.41, 5.74) is 8.53. The molecule has 0 spiro atoms. The molecule has 1 amide bonds. The molecular weight excluding hydrogens is 270 g/mol. The number of amides is 1. The maximum atomic E-state index is 11.8. The van der Waals surface area contributed by atoms with Crippen molar-refractivity contribution in [2.75, 3.05) is 22.5 Å². The maximum Gasteiger partial charge on any atom is 0.335 e. The molecule has 0 aromatic heterocycles. The van der Waals surface area contributed by atoms with E-state index in [1.54, 1.807) is 17.0 Å². The third-order valence-electron chi connectivity index (χ3n) is 3.34. The molecule has 0 saturated carbocycles. The Kier molecular flexibility index (Phi) is 2.98. The molecular formula is C15H13N3O3. The van der Waals surface area contributed by atoms with Crippen LogP contribution in [0.2, 0.25) is 0 Å². The molecule has 1 aliphatic rings. The Balaban J connectivity index is 2.09. The Morgan fingerprint density at radius 3 is 2.67 bits per heavy atom. The van der Waals surface area contributed by atoms with Crippen LogP contribution < -0.4 is 16.0 Å². The van der Waals surface area contributed by atoms with Gasteiger partial charge in [-0.15, -0.1) is 0 Å². The van der Waals surface area contributed by atoms with Crippen LogP contribution in [0.15, 0.2) is 42.5 Å². The quantitative estimate of drug-likeness (QED) is 0.733. The summed E-state index contributed by atoms with van der Waals surface area (Å²) in [6.07, 6.45) is 0. The maximum absolute atomic E-state index is 11.8. The van der Waals surface area contributed by atoms with E-state index >= 15 is 0 Å². The van der Waals surface area contributed by atoms with E-state index in [0.717, 1.165) is 5.69 Å². The van der Waals surface area contributed by atoms with Crippen molar-refractivity contribution in [3.63, 3.8) is 0 Å². The van der Waals surface area contributed by atoms with Crippen LogP contribution in [0, 0.1) is 0 Å². The van der Waals surface area contributed by atoms with E-state index in [1.807, 2.05) is 18.2 Å². The van der Waals surface area contributed by atoms with Gasteiger partial charge in [-0.1, -0.05) is 12.1 Å². The van der Waals surface area contributed by atoms with Crippen LogP contribution in [-0.4, -0.2) is 23.5 Å². The number of fused-ring (bicyclic) bond motifs is 1. The van der Waals surface area contributed by atoms with Gasteiger partial charge in [0.2, 0.25) is 5.91 Å². The second-order valence-corrected chi connectivity index (χ2v) is 4.73. The second kappa shape index (κ2) is 4.82. The van der Waals surface area contributed by atoms with E-state index in [2.05, 4.69) is 5.32 Å². The highest BCUT2D eigenvalue weighted by molar-refractivity contribution is 6.04. The Hall–Kier alpha value is -3.02. The highest BCUT2D eigenvalue weighted by Crippen LogP contribution is 2.37. The molecule has 3 rings (SSSR count). The highest BCUT2D eigenvalue weighted by Gasteiger charge is 2.24. The number of nitrogens with one attached hydrogen (secondary N) is 1. The van der Waals surface area contributed by atoms with Crippen molar-refractivity contribution in [2.45, 2.75) is 0 Å². The van der Waals surface area contributed by atoms with Crippen molar-refractivity contribution in [1.82, 2.24) is 0 Å². The van der Waals surface area contributed by atoms with Crippen LogP contribution in [0.25, 0.3) is 0 Å². The molecule has 6 heteroatoms. The van der Waals surface area contributed by atoms with Gasteiger partial charge < -0.3 is 21.1 Å². The van der Waals surface area contributed by atoms with Crippen LogP contribution in [-0.2, 0) is 4.79 Å². The number of para-hydroxylation sites is 2. The van der Waals surface area contributed by atoms with E-state index < -0.39 is 5.97 Å². The first-order valence-electron chi connectivity index (χ1n) is 6.35. The van der Waals surface area contributed by atoms with Gasteiger partial charge in [-0.3, -0.25) is 4.79 Å². The molecule has 6 nitrogen and oxygen atoms in total. The van der Waals surface area contributed by atoms with Crippen molar-refractivity contribution in [2.24, 2.45) is 0 Å². The first kappa shape index (κ1) is 13.0. The minimum atomic E-state index is -1.04. The minimum absolute atomic E-state index is 0.117. The van der Waals surface area contributed by atoms with Crippen molar-refractivity contribution in [3.8, 4) is 0 Å². The van der Waals surface area contributed by atoms with Gasteiger partial charge in [-0.2, -0.15) is 0 Å². The summed E-state index contributed by atoms with van der Waals surface area (Å²) < 4.78 is 0. The fourth-order valence-corrected chi connectivity index (χ4v) is 2.38. The molecule has 0 radical (unpaired) electrons. The molecule has 0 unspecified atom stereocenters. The van der Waals surface area contributed by atoms with E-state index in [1.165, 1.54) is 12.1 Å². The van der Waals surface area contributed by atoms with Gasteiger partial charge in [-0.25, -0.2) is 4.79 Å². The number of carbonyl (C=O) groups excluding carboxylic acids is 1. The average molecular weight is 283 g/mol. The molecule has 0 fully saturated rings. The summed E-state index contributed by atoms with van der Waals surface area (Å²) >= 11 is 0. The van der Waals surface area contributed by atoms with Gasteiger partial charge in [0.15, 0.2) is 0 Å². The number of hydrogen-bond donors (Lipinski definition) is 3. The van der Waals surface area contributed by atoms with Crippen molar-refractivity contribution in [1.29, 1.82) is 0 Å². The summed E-state index contributed by atoms with van der Waals surface area (Å²) in [7, 11) is 0. The van der Waals surface area contributed by atoms with Crippen molar-refractivity contribution < 1.29 is 14.7 Å². The monoisotopic (exact) mass is 283 g/mol. The SMILES string of the molecule is Nc1cc(C(=O)O)ccc1N1CC(=O)Nc2ccccc21. The highest BCUT2D eigenvalue weighted by atomic mass is 16.4. The summed E-state index contributed by atoms with van der Waals surface area (Å²) in [6, 6.07) is 11.9. The lowest BCUT2D eigenvalue weighted by Crippen LogP contribution is -2.35. The Morgan fingerprint density at radius 1 is 1.19 bits per heavy atom. The molecule has 1 aliphatic heterocycles. The predicted molar refractivity (Wildman–Crippen MR) is 79.9 cm³/mol. The summed E-state index contributed by atoms with van der Waals surface area (Å²) in [5.74, 6) is -1.18. The number of nitrogens with zero attached hydrogens (tertiary/aromatic N) is 1. The lowest BCUT2D eigenvalue weighted by atomic mass is 10.1. The number of nitrogens with two attached hydrogens (primary N) is 1. The van der Waals surface area contributed by atoms with Crippen LogP contribution in [0.5, 0.6) is 0 Å². The first-order valence-corrected chi connectivity index (χ1v) is 6.35. The smallest absolute Gasteiger partial charge is 0.335 e. The molecule has 0 bridgehead atoms. The third kappa shape index (κ3) is 2.27. The molecule has 4 N–H and O–H groups in total. The first-order chi connectivity index (χ1) is 10.1. The number of benzene rings is 2. The number of anilines is 4. The van der Waals surface area contributed by atoms with E-state index in [-0.39, 0.29) is 18.0 Å². The number of aromatic carboxylic acids is 1. The second-order valence-electron chi connectivity index (χ2n) is 4.73. The zero-order valence-electron chi connectivity index (χ0n) is 11.0. The molecule has 2 aromatic carbocycles. The van der Waals surface area contributed by atoms with Crippen LogP contribution in [0.3, 0.4) is 0 Å². The number of nitrogen functional groups attached to an aromatic ring is 1. The molecule has 0 saturated heterocycles. The van der Waals surface area contributed by atoms with Crippen LogP contribution in [0.4, 0.5) is 22.7 Å². The molecule has 1 heterocycles. The fraction of sp³-hybridized carbons (Fsp3) is 0.0667. The molecule has 2 aromatic rings. The van der Waals surface area contributed by atoms with E-state index in [0.29, 0.717) is 17.1 Å². The van der Waals surface area contributed by atoms with E-state index in [4.69, 9.17) is 10.8 Å². The van der Waals surface area contributed by atoms with Gasteiger partial charge in [0.05, 0.1) is 28.3 Å². The summed E-state index contributed by atoms with van der Waals surface area (Å²) in [5, 5.41) is 11.8. The largest absolute Gasteiger partial charge is 0.478 e. The topological polar surface area (TPSA) is 95.7 Å². The number of carboxylic acids is 1. The van der Waals surface area contributed by atoms with Gasteiger partial charge >= 0.3 is 5.97 Å². The number of carboxylic acid groups (broad SMARTS) is 1. The summed E-state index contributed by atoms with van der Waals surface area (Å²) in [4.78, 5) is 24.5. The Morgan fingerprint density at radius 2 is 1.95 bits per heavy atom. The fourth-order valence-electron chi connectivity index (χ4n) is 2.38. The van der Waals surface area contributed by atoms with Crippen LogP contribution in [0.1, 0.15) is 10.4 Å². The van der Waals surface area contributed by atoms with Crippen molar-refractivity contribution >= 4 is 34.6 Å². The summed E-state index contributed by atoms with van der Waals surface area (Å²) in [6.45, 7) is 0.133. The lowest BCUT2D eigenvalue weighted by molar-refractivity contribution is -0.115. The van der Waals surface area contributed by atoms with E-state index in [9.17, 15) is 9.59 Å². The van der Waals surface area contributed by atoms with Crippen molar-refractivity contribution in [3.05, 3.63) is 48.0 Å². The minimum Gasteiger partial charge on any atom is -0.478 e.